The van der Waals surface area contributed by atoms with Gasteiger partial charge in [0.05, 0.1) is 13.7 Å². The summed E-state index contributed by atoms with van der Waals surface area (Å²) in [6.45, 7) is 1.34. The van der Waals surface area contributed by atoms with E-state index in [-0.39, 0.29) is 11.8 Å². The van der Waals surface area contributed by atoms with Crippen molar-refractivity contribution in [2.75, 3.05) is 20.3 Å². The molecule has 7 heteroatoms. The number of aromatic carboxylic acids is 1. The molecule has 1 saturated heterocycles. The van der Waals surface area contributed by atoms with Crippen LogP contribution in [0.25, 0.3) is 11.3 Å². The van der Waals surface area contributed by atoms with Gasteiger partial charge in [0.2, 0.25) is 0 Å². The summed E-state index contributed by atoms with van der Waals surface area (Å²) >= 11 is 0. The molecule has 2 aromatic rings. The molecule has 0 aliphatic carbocycles. The van der Waals surface area contributed by atoms with Gasteiger partial charge in [-0.3, -0.25) is 0 Å². The number of carbonyl (C=O) groups is 1. The fourth-order valence-electron chi connectivity index (χ4n) is 2.41. The van der Waals surface area contributed by atoms with Crippen LogP contribution in [0.3, 0.4) is 0 Å². The predicted molar refractivity (Wildman–Crippen MR) is 79.9 cm³/mol. The maximum atomic E-state index is 10.9. The van der Waals surface area contributed by atoms with Crippen LogP contribution < -0.4 is 9.47 Å². The van der Waals surface area contributed by atoms with Gasteiger partial charge in [0, 0.05) is 18.2 Å². The Morgan fingerprint density at radius 2 is 2.22 bits per heavy atom. The monoisotopic (exact) mass is 319 g/mol. The highest BCUT2D eigenvalue weighted by molar-refractivity contribution is 5.86. The van der Waals surface area contributed by atoms with Crippen LogP contribution in [0, 0.1) is 0 Å². The summed E-state index contributed by atoms with van der Waals surface area (Å²) in [5.41, 5.74) is 0.521. The molecule has 0 radical (unpaired) electrons. The molecular weight excluding hydrogens is 302 g/mol. The molecule has 0 saturated carbocycles. The lowest BCUT2D eigenvalue weighted by Gasteiger charge is -2.24. The number of methoxy groups -OCH3 is 1. The van der Waals surface area contributed by atoms with Crippen LogP contribution in [0.15, 0.2) is 28.8 Å². The zero-order valence-electron chi connectivity index (χ0n) is 12.7. The predicted octanol–water partition coefficient (Wildman–Crippen LogP) is 2.61. The van der Waals surface area contributed by atoms with Crippen molar-refractivity contribution in [3.8, 4) is 22.8 Å². The number of benzene rings is 1. The van der Waals surface area contributed by atoms with E-state index in [0.717, 1.165) is 19.4 Å². The van der Waals surface area contributed by atoms with Gasteiger partial charge < -0.3 is 23.8 Å². The molecule has 0 amide bonds. The summed E-state index contributed by atoms with van der Waals surface area (Å²) in [6.07, 6.45) is 1.92. The van der Waals surface area contributed by atoms with Crippen LogP contribution in [-0.2, 0) is 4.74 Å². The van der Waals surface area contributed by atoms with Crippen molar-refractivity contribution >= 4 is 5.97 Å². The van der Waals surface area contributed by atoms with Crippen LogP contribution >= 0.6 is 0 Å². The molecule has 1 aliphatic heterocycles. The average molecular weight is 319 g/mol. The standard InChI is InChI=1S/C16H17NO6/c1-20-15-7-10(14-8-12(16(18)19)17-23-14)4-5-13(15)22-11-3-2-6-21-9-11/h4-5,7-8,11H,2-3,6,9H2,1H3,(H,18,19). The Hall–Kier alpha value is -2.54. The van der Waals surface area contributed by atoms with E-state index < -0.39 is 5.97 Å². The minimum atomic E-state index is -1.13. The molecule has 3 rings (SSSR count). The van der Waals surface area contributed by atoms with Crippen LogP contribution in [-0.4, -0.2) is 42.7 Å². The van der Waals surface area contributed by atoms with E-state index in [1.807, 2.05) is 0 Å². The van der Waals surface area contributed by atoms with Gasteiger partial charge in [-0.05, 0) is 31.0 Å². The van der Waals surface area contributed by atoms with Gasteiger partial charge >= 0.3 is 5.97 Å². The molecular formula is C16H17NO6. The van der Waals surface area contributed by atoms with Crippen LogP contribution in [0.5, 0.6) is 11.5 Å². The van der Waals surface area contributed by atoms with Gasteiger partial charge in [-0.1, -0.05) is 5.16 Å². The summed E-state index contributed by atoms with van der Waals surface area (Å²) in [6, 6.07) is 6.64. The molecule has 0 spiro atoms. The number of carboxylic acids is 1. The lowest BCUT2D eigenvalue weighted by molar-refractivity contribution is 0.00645. The van der Waals surface area contributed by atoms with Crippen LogP contribution in [0.2, 0.25) is 0 Å². The number of nitrogens with zero attached hydrogens (tertiary/aromatic N) is 1. The molecule has 1 aromatic heterocycles. The van der Waals surface area contributed by atoms with E-state index in [0.29, 0.717) is 29.4 Å². The SMILES string of the molecule is COc1cc(-c2cc(C(=O)O)no2)ccc1OC1CCCOC1. The minimum absolute atomic E-state index is 0.00684. The Labute approximate surface area is 132 Å². The fourth-order valence-corrected chi connectivity index (χ4v) is 2.41. The van der Waals surface area contributed by atoms with Crippen molar-refractivity contribution in [3.05, 3.63) is 30.0 Å². The first-order valence-electron chi connectivity index (χ1n) is 7.30. The Balaban J connectivity index is 1.82. The van der Waals surface area contributed by atoms with Gasteiger partial charge in [-0.2, -0.15) is 0 Å². The van der Waals surface area contributed by atoms with Crippen LogP contribution in [0.4, 0.5) is 0 Å². The Bertz CT molecular complexity index is 690. The van der Waals surface area contributed by atoms with E-state index in [2.05, 4.69) is 5.16 Å². The van der Waals surface area contributed by atoms with Gasteiger partial charge in [0.15, 0.2) is 23.0 Å². The zero-order valence-corrected chi connectivity index (χ0v) is 12.7. The molecule has 1 aliphatic rings. The highest BCUT2D eigenvalue weighted by Crippen LogP contribution is 2.34. The highest BCUT2D eigenvalue weighted by atomic mass is 16.5. The number of rotatable bonds is 5. The third-order valence-corrected chi connectivity index (χ3v) is 3.59. The van der Waals surface area contributed by atoms with E-state index in [9.17, 15) is 4.79 Å². The fraction of sp³-hybridized carbons (Fsp3) is 0.375. The van der Waals surface area contributed by atoms with Gasteiger partial charge in [-0.15, -0.1) is 0 Å². The third-order valence-electron chi connectivity index (χ3n) is 3.59. The van der Waals surface area contributed by atoms with Crippen molar-refractivity contribution in [2.24, 2.45) is 0 Å². The molecule has 1 N–H and O–H groups in total. The van der Waals surface area contributed by atoms with Gasteiger partial charge in [0.1, 0.15) is 6.10 Å². The lowest BCUT2D eigenvalue weighted by Crippen LogP contribution is -2.28. The molecule has 122 valence electrons. The number of hydrogen-bond donors (Lipinski definition) is 1. The highest BCUT2D eigenvalue weighted by Gasteiger charge is 2.19. The molecule has 7 nitrogen and oxygen atoms in total. The van der Waals surface area contributed by atoms with Gasteiger partial charge in [0.25, 0.3) is 0 Å². The van der Waals surface area contributed by atoms with Crippen molar-refractivity contribution < 1.29 is 28.6 Å². The quantitative estimate of drug-likeness (QED) is 0.905. The van der Waals surface area contributed by atoms with Crippen molar-refractivity contribution in [2.45, 2.75) is 18.9 Å². The van der Waals surface area contributed by atoms with E-state index in [4.69, 9.17) is 23.8 Å². The Morgan fingerprint density at radius 1 is 1.35 bits per heavy atom. The maximum Gasteiger partial charge on any atom is 0.358 e. The maximum absolute atomic E-state index is 10.9. The number of aromatic nitrogens is 1. The number of ether oxygens (including phenoxy) is 3. The first kappa shape index (κ1) is 15.4. The summed E-state index contributed by atoms with van der Waals surface area (Å²) in [5, 5.41) is 12.4. The smallest absolute Gasteiger partial charge is 0.358 e. The summed E-state index contributed by atoms with van der Waals surface area (Å²) in [7, 11) is 1.55. The second-order valence-electron chi connectivity index (χ2n) is 5.20. The largest absolute Gasteiger partial charge is 0.493 e. The molecule has 1 aromatic carbocycles. The second-order valence-corrected chi connectivity index (χ2v) is 5.20. The first-order chi connectivity index (χ1) is 11.2. The van der Waals surface area contributed by atoms with E-state index in [1.165, 1.54) is 6.07 Å². The summed E-state index contributed by atoms with van der Waals surface area (Å²) in [5.74, 6) is 0.378. The normalized spacial score (nSPS) is 17.7. The molecule has 1 atom stereocenters. The Morgan fingerprint density at radius 3 is 2.87 bits per heavy atom. The van der Waals surface area contributed by atoms with E-state index in [1.54, 1.807) is 25.3 Å². The number of hydrogen-bond acceptors (Lipinski definition) is 6. The van der Waals surface area contributed by atoms with E-state index >= 15 is 0 Å². The molecule has 1 fully saturated rings. The van der Waals surface area contributed by atoms with Crippen molar-refractivity contribution in [1.29, 1.82) is 0 Å². The van der Waals surface area contributed by atoms with Gasteiger partial charge in [-0.25, -0.2) is 4.79 Å². The molecule has 1 unspecified atom stereocenters. The molecule has 23 heavy (non-hydrogen) atoms. The van der Waals surface area contributed by atoms with Crippen molar-refractivity contribution in [3.63, 3.8) is 0 Å². The molecule has 2 heterocycles. The topological polar surface area (TPSA) is 91.0 Å². The summed E-state index contributed by atoms with van der Waals surface area (Å²) in [4.78, 5) is 10.9. The Kier molecular flexibility index (Phi) is 4.47. The zero-order chi connectivity index (χ0) is 16.2. The lowest BCUT2D eigenvalue weighted by atomic mass is 10.1. The first-order valence-corrected chi connectivity index (χ1v) is 7.30. The third kappa shape index (κ3) is 3.45. The second kappa shape index (κ2) is 6.70. The average Bonchev–Trinajstić information content (AvgIpc) is 3.06. The molecule has 0 bridgehead atoms. The van der Waals surface area contributed by atoms with Crippen LogP contribution in [0.1, 0.15) is 23.3 Å². The minimum Gasteiger partial charge on any atom is -0.493 e. The summed E-state index contributed by atoms with van der Waals surface area (Å²) < 4.78 is 21.7. The number of carboxylic acid groups (broad SMARTS) is 1. The van der Waals surface area contributed by atoms with Crippen molar-refractivity contribution in [1.82, 2.24) is 5.16 Å².